The normalized spacial score (nSPS) is 10.9. The molecule has 2 aromatic rings. The van der Waals surface area contributed by atoms with Crippen molar-refractivity contribution in [2.45, 2.75) is 40.0 Å². The van der Waals surface area contributed by atoms with E-state index in [2.05, 4.69) is 45.1 Å². The summed E-state index contributed by atoms with van der Waals surface area (Å²) in [6, 6.07) is 8.24. The third-order valence-corrected chi connectivity index (χ3v) is 3.38. The van der Waals surface area contributed by atoms with E-state index in [-0.39, 0.29) is 0 Å². The molecule has 0 saturated carbocycles. The maximum atomic E-state index is 5.87. The van der Waals surface area contributed by atoms with E-state index in [9.17, 15) is 0 Å². The van der Waals surface area contributed by atoms with Gasteiger partial charge < -0.3 is 10.1 Å². The van der Waals surface area contributed by atoms with E-state index in [1.54, 1.807) is 6.20 Å². The van der Waals surface area contributed by atoms with Crippen LogP contribution in [0.1, 0.15) is 30.9 Å². The van der Waals surface area contributed by atoms with Gasteiger partial charge in [-0.25, -0.2) is 0 Å². The molecule has 112 valence electrons. The molecule has 0 aliphatic rings. The monoisotopic (exact) mass is 349 g/mol. The molecule has 0 atom stereocenters. The molecule has 2 heterocycles. The smallest absolute Gasteiger partial charge is 0.142 e. The van der Waals surface area contributed by atoms with Gasteiger partial charge in [0.2, 0.25) is 0 Å². The van der Waals surface area contributed by atoms with Crippen molar-refractivity contribution >= 4 is 15.9 Å². The third-order valence-electron chi connectivity index (χ3n) is 2.91. The lowest BCUT2D eigenvalue weighted by Crippen LogP contribution is -2.23. The summed E-state index contributed by atoms with van der Waals surface area (Å²) in [6.07, 6.45) is 1.77. The van der Waals surface area contributed by atoms with Crippen molar-refractivity contribution in [3.63, 3.8) is 0 Å². The highest BCUT2D eigenvalue weighted by Crippen LogP contribution is 2.18. The van der Waals surface area contributed by atoms with Gasteiger partial charge in [-0.1, -0.05) is 13.8 Å². The third kappa shape index (κ3) is 5.10. The fourth-order valence-electron chi connectivity index (χ4n) is 1.80. The number of ether oxygens (including phenoxy) is 1. The summed E-state index contributed by atoms with van der Waals surface area (Å²) in [5.41, 5.74) is 2.81. The van der Waals surface area contributed by atoms with Crippen molar-refractivity contribution < 1.29 is 4.74 Å². The maximum absolute atomic E-state index is 5.87. The first-order chi connectivity index (χ1) is 10.0. The van der Waals surface area contributed by atoms with Gasteiger partial charge >= 0.3 is 0 Å². The average molecular weight is 350 g/mol. The fourth-order valence-corrected chi connectivity index (χ4v) is 2.03. The lowest BCUT2D eigenvalue weighted by molar-refractivity contribution is 0.295. The number of nitrogens with zero attached hydrogens (tertiary/aromatic N) is 2. The van der Waals surface area contributed by atoms with Crippen LogP contribution in [0.5, 0.6) is 5.75 Å². The second-order valence-electron chi connectivity index (χ2n) is 5.19. The molecule has 0 aliphatic heterocycles. The molecule has 5 heteroatoms. The standard InChI is InChI=1S/C16H20BrN3O/c1-11(2)18-9-15-16(7-4-12(3)20-15)21-10-14-6-5-13(17)8-19-14/h4-8,11,18H,9-10H2,1-3H3. The Balaban J connectivity index is 2.06. The molecule has 0 aliphatic carbocycles. The van der Waals surface area contributed by atoms with E-state index in [0.29, 0.717) is 19.2 Å². The van der Waals surface area contributed by atoms with Crippen LogP contribution < -0.4 is 10.1 Å². The SMILES string of the molecule is Cc1ccc(OCc2ccc(Br)cn2)c(CNC(C)C)n1. The number of hydrogen-bond acceptors (Lipinski definition) is 4. The van der Waals surface area contributed by atoms with Gasteiger partial charge in [-0.3, -0.25) is 9.97 Å². The first kappa shape index (κ1) is 15.9. The number of rotatable bonds is 6. The Labute approximate surface area is 134 Å². The van der Waals surface area contributed by atoms with Crippen LogP contribution in [-0.4, -0.2) is 16.0 Å². The molecule has 21 heavy (non-hydrogen) atoms. The van der Waals surface area contributed by atoms with Crippen molar-refractivity contribution in [1.29, 1.82) is 0 Å². The zero-order valence-corrected chi connectivity index (χ0v) is 14.1. The molecule has 0 bridgehead atoms. The molecule has 0 radical (unpaired) electrons. The summed E-state index contributed by atoms with van der Waals surface area (Å²) in [5, 5.41) is 3.37. The highest BCUT2D eigenvalue weighted by Gasteiger charge is 2.07. The predicted molar refractivity (Wildman–Crippen MR) is 87.2 cm³/mol. The van der Waals surface area contributed by atoms with Gasteiger partial charge in [0.25, 0.3) is 0 Å². The van der Waals surface area contributed by atoms with E-state index in [4.69, 9.17) is 4.74 Å². The van der Waals surface area contributed by atoms with Crippen LogP contribution >= 0.6 is 15.9 Å². The zero-order valence-electron chi connectivity index (χ0n) is 12.6. The summed E-state index contributed by atoms with van der Waals surface area (Å²) in [7, 11) is 0. The molecule has 0 unspecified atom stereocenters. The Hall–Kier alpha value is -1.46. The van der Waals surface area contributed by atoms with Gasteiger partial charge in [-0.15, -0.1) is 0 Å². The minimum atomic E-state index is 0.410. The number of nitrogens with one attached hydrogen (secondary N) is 1. The maximum Gasteiger partial charge on any atom is 0.142 e. The molecular weight excluding hydrogens is 330 g/mol. The molecule has 0 saturated heterocycles. The molecule has 0 aromatic carbocycles. The lowest BCUT2D eigenvalue weighted by Gasteiger charge is -2.13. The lowest BCUT2D eigenvalue weighted by atomic mass is 10.2. The quantitative estimate of drug-likeness (QED) is 0.864. The van der Waals surface area contributed by atoms with Gasteiger partial charge in [0.05, 0.1) is 11.4 Å². The summed E-state index contributed by atoms with van der Waals surface area (Å²) >= 11 is 3.37. The molecule has 0 amide bonds. The van der Waals surface area contributed by atoms with Crippen molar-refractivity contribution in [2.75, 3.05) is 0 Å². The largest absolute Gasteiger partial charge is 0.485 e. The molecule has 0 spiro atoms. The van der Waals surface area contributed by atoms with Crippen molar-refractivity contribution in [3.8, 4) is 5.75 Å². The van der Waals surface area contributed by atoms with Gasteiger partial charge in [0.15, 0.2) is 0 Å². The molecule has 2 aromatic heterocycles. The van der Waals surface area contributed by atoms with Crippen LogP contribution in [0.2, 0.25) is 0 Å². The zero-order chi connectivity index (χ0) is 15.2. The van der Waals surface area contributed by atoms with Crippen LogP contribution in [-0.2, 0) is 13.2 Å². The van der Waals surface area contributed by atoms with Crippen LogP contribution in [0, 0.1) is 6.92 Å². The van der Waals surface area contributed by atoms with E-state index in [1.807, 2.05) is 31.2 Å². The minimum Gasteiger partial charge on any atom is -0.485 e. The van der Waals surface area contributed by atoms with Gasteiger partial charge in [-0.05, 0) is 47.1 Å². The van der Waals surface area contributed by atoms with Gasteiger partial charge in [-0.2, -0.15) is 0 Å². The summed E-state index contributed by atoms with van der Waals surface area (Å²) in [5.74, 6) is 0.804. The predicted octanol–water partition coefficient (Wildman–Crippen LogP) is 3.62. The number of aryl methyl sites for hydroxylation is 1. The molecule has 4 nitrogen and oxygen atoms in total. The Bertz CT molecular complexity index is 585. The topological polar surface area (TPSA) is 47.0 Å². The Morgan fingerprint density at radius 2 is 2.05 bits per heavy atom. The summed E-state index contributed by atoms with van der Waals surface area (Å²) in [6.45, 7) is 7.35. The first-order valence-corrected chi connectivity index (χ1v) is 7.77. The summed E-state index contributed by atoms with van der Waals surface area (Å²) in [4.78, 5) is 8.86. The van der Waals surface area contributed by atoms with Crippen molar-refractivity contribution in [3.05, 3.63) is 52.0 Å². The van der Waals surface area contributed by atoms with Crippen LogP contribution in [0.4, 0.5) is 0 Å². The summed E-state index contributed by atoms with van der Waals surface area (Å²) < 4.78 is 6.83. The Kier molecular flexibility index (Phi) is 5.70. The van der Waals surface area contributed by atoms with E-state index < -0.39 is 0 Å². The van der Waals surface area contributed by atoms with Crippen LogP contribution in [0.3, 0.4) is 0 Å². The molecule has 2 rings (SSSR count). The highest BCUT2D eigenvalue weighted by atomic mass is 79.9. The van der Waals surface area contributed by atoms with E-state index in [1.165, 1.54) is 0 Å². The molecule has 0 fully saturated rings. The van der Waals surface area contributed by atoms with Crippen LogP contribution in [0.25, 0.3) is 0 Å². The van der Waals surface area contributed by atoms with Crippen LogP contribution in [0.15, 0.2) is 34.9 Å². The average Bonchev–Trinajstić information content (AvgIpc) is 2.45. The number of hydrogen-bond donors (Lipinski definition) is 1. The van der Waals surface area contributed by atoms with Gasteiger partial charge in [0, 0.05) is 29.0 Å². The van der Waals surface area contributed by atoms with E-state index in [0.717, 1.165) is 27.3 Å². The number of aromatic nitrogens is 2. The second-order valence-corrected chi connectivity index (χ2v) is 6.11. The highest BCUT2D eigenvalue weighted by molar-refractivity contribution is 9.10. The molecular formula is C16H20BrN3O. The van der Waals surface area contributed by atoms with Gasteiger partial charge in [0.1, 0.15) is 12.4 Å². The van der Waals surface area contributed by atoms with E-state index >= 15 is 0 Å². The molecule has 1 N–H and O–H groups in total. The Morgan fingerprint density at radius 1 is 1.24 bits per heavy atom. The fraction of sp³-hybridized carbons (Fsp3) is 0.375. The first-order valence-electron chi connectivity index (χ1n) is 6.97. The van der Waals surface area contributed by atoms with Crippen molar-refractivity contribution in [2.24, 2.45) is 0 Å². The second kappa shape index (κ2) is 7.52. The number of halogens is 1. The number of pyridine rings is 2. The van der Waals surface area contributed by atoms with Crippen molar-refractivity contribution in [1.82, 2.24) is 15.3 Å². The minimum absolute atomic E-state index is 0.410. The Morgan fingerprint density at radius 3 is 2.71 bits per heavy atom.